The van der Waals surface area contributed by atoms with Crippen LogP contribution in [-0.4, -0.2) is 41.0 Å². The van der Waals surface area contributed by atoms with Crippen LogP contribution >= 0.6 is 0 Å². The van der Waals surface area contributed by atoms with Crippen molar-refractivity contribution in [1.82, 2.24) is 5.32 Å². The van der Waals surface area contributed by atoms with Crippen molar-refractivity contribution in [1.29, 1.82) is 0 Å². The zero-order valence-electron chi connectivity index (χ0n) is 12.5. The van der Waals surface area contributed by atoms with E-state index in [0.29, 0.717) is 12.1 Å². The number of nitrogens with zero attached hydrogens (tertiary/aromatic N) is 1. The second-order valence-electron chi connectivity index (χ2n) is 5.13. The number of hydrogen-bond donors (Lipinski definition) is 3. The number of carbonyl (C=O) groups is 2. The summed E-state index contributed by atoms with van der Waals surface area (Å²) in [5, 5.41) is 20.5. The highest BCUT2D eigenvalue weighted by atomic mass is 16.4. The van der Waals surface area contributed by atoms with Gasteiger partial charge in [0, 0.05) is 19.2 Å². The van der Waals surface area contributed by atoms with Gasteiger partial charge in [-0.2, -0.15) is 0 Å². The molecule has 0 amide bonds. The molecule has 0 radical (unpaired) electrons. The van der Waals surface area contributed by atoms with Gasteiger partial charge in [-0.05, 0) is 29.7 Å². The van der Waals surface area contributed by atoms with Crippen molar-refractivity contribution in [2.24, 2.45) is 4.99 Å². The Balaban J connectivity index is 1.96. The quantitative estimate of drug-likeness (QED) is 0.693. The molecule has 1 aliphatic rings. The van der Waals surface area contributed by atoms with Gasteiger partial charge in [0.2, 0.25) is 0 Å². The number of hydrogen-bond acceptors (Lipinski definition) is 4. The summed E-state index contributed by atoms with van der Waals surface area (Å²) in [4.78, 5) is 26.3. The molecule has 0 saturated heterocycles. The lowest BCUT2D eigenvalue weighted by Gasteiger charge is -2.21. The molecule has 0 aromatic heterocycles. The molecule has 1 aromatic carbocycles. The lowest BCUT2D eigenvalue weighted by molar-refractivity contribution is -0.139. The van der Waals surface area contributed by atoms with Crippen molar-refractivity contribution in [2.45, 2.75) is 18.9 Å². The molecule has 6 nitrogen and oxygen atoms in total. The van der Waals surface area contributed by atoms with Gasteiger partial charge in [0.25, 0.3) is 0 Å². The van der Waals surface area contributed by atoms with Crippen molar-refractivity contribution in [3.8, 4) is 0 Å². The molecule has 1 unspecified atom stereocenters. The highest BCUT2D eigenvalue weighted by molar-refractivity contribution is 5.89. The molecular formula is C17H18N2O4. The SMILES string of the molecule is O=C(O)C1=C/C(=C\C=N\CCc2ccccc2)CC(C(=O)O)N1. The van der Waals surface area contributed by atoms with E-state index in [2.05, 4.69) is 10.3 Å². The molecule has 1 heterocycles. The fraction of sp³-hybridized carbons (Fsp3) is 0.235. The van der Waals surface area contributed by atoms with Crippen molar-refractivity contribution < 1.29 is 19.8 Å². The Kier molecular flexibility index (Phi) is 5.68. The number of nitrogens with one attached hydrogen (secondary N) is 1. The fourth-order valence-electron chi connectivity index (χ4n) is 2.21. The van der Waals surface area contributed by atoms with Crippen molar-refractivity contribution in [3.05, 3.63) is 59.3 Å². The number of aliphatic carboxylic acids is 2. The van der Waals surface area contributed by atoms with Gasteiger partial charge in [-0.3, -0.25) is 4.99 Å². The molecule has 1 aromatic rings. The largest absolute Gasteiger partial charge is 0.480 e. The number of carboxylic acids is 2. The zero-order chi connectivity index (χ0) is 16.7. The Labute approximate surface area is 133 Å². The first-order chi connectivity index (χ1) is 11.1. The van der Waals surface area contributed by atoms with Gasteiger partial charge in [0.05, 0.1) is 0 Å². The van der Waals surface area contributed by atoms with Crippen LogP contribution in [0.1, 0.15) is 12.0 Å². The Morgan fingerprint density at radius 2 is 2.00 bits per heavy atom. The maximum absolute atomic E-state index is 11.1. The summed E-state index contributed by atoms with van der Waals surface area (Å²) in [6.45, 7) is 0.615. The minimum Gasteiger partial charge on any atom is -0.480 e. The standard InChI is InChI=1S/C17H18N2O4/c20-16(21)14-10-13(11-15(19-14)17(22)23)7-9-18-8-6-12-4-2-1-3-5-12/h1-5,7,9-10,15,19H,6,8,11H2,(H,20,21)(H,22,23)/b13-7+,18-9+. The molecule has 23 heavy (non-hydrogen) atoms. The predicted molar refractivity (Wildman–Crippen MR) is 86.5 cm³/mol. The van der Waals surface area contributed by atoms with E-state index in [4.69, 9.17) is 10.2 Å². The zero-order valence-corrected chi connectivity index (χ0v) is 12.5. The van der Waals surface area contributed by atoms with E-state index in [9.17, 15) is 9.59 Å². The van der Waals surface area contributed by atoms with Crippen molar-refractivity contribution in [2.75, 3.05) is 6.54 Å². The van der Waals surface area contributed by atoms with Crippen LogP contribution in [0.4, 0.5) is 0 Å². The minimum atomic E-state index is -1.18. The first kappa shape index (κ1) is 16.5. The number of aliphatic imine (C=N–C) groups is 1. The van der Waals surface area contributed by atoms with Crippen molar-refractivity contribution in [3.63, 3.8) is 0 Å². The van der Waals surface area contributed by atoms with Gasteiger partial charge in [0.15, 0.2) is 0 Å². The smallest absolute Gasteiger partial charge is 0.351 e. The molecule has 6 heteroatoms. The van der Waals surface area contributed by atoms with Crippen LogP contribution < -0.4 is 5.32 Å². The Morgan fingerprint density at radius 3 is 2.65 bits per heavy atom. The molecule has 120 valence electrons. The lowest BCUT2D eigenvalue weighted by Crippen LogP contribution is -2.41. The van der Waals surface area contributed by atoms with Crippen LogP contribution in [-0.2, 0) is 16.0 Å². The summed E-state index contributed by atoms with van der Waals surface area (Å²) in [6, 6.07) is 9.02. The van der Waals surface area contributed by atoms with Crippen LogP contribution in [0.15, 0.2) is 58.7 Å². The molecule has 0 fully saturated rings. The normalized spacial score (nSPS) is 19.4. The molecule has 0 spiro atoms. The highest BCUT2D eigenvalue weighted by Gasteiger charge is 2.26. The Hall–Kier alpha value is -2.89. The van der Waals surface area contributed by atoms with Gasteiger partial charge in [-0.1, -0.05) is 30.3 Å². The summed E-state index contributed by atoms with van der Waals surface area (Å²) < 4.78 is 0. The topological polar surface area (TPSA) is 99.0 Å². The first-order valence-electron chi connectivity index (χ1n) is 7.23. The highest BCUT2D eigenvalue weighted by Crippen LogP contribution is 2.16. The molecular weight excluding hydrogens is 296 g/mol. The third-order valence-electron chi connectivity index (χ3n) is 3.39. The third-order valence-corrected chi connectivity index (χ3v) is 3.39. The number of rotatable bonds is 6. The molecule has 3 N–H and O–H groups in total. The number of carboxylic acid groups (broad SMARTS) is 2. The van der Waals surface area contributed by atoms with Gasteiger partial charge < -0.3 is 15.5 Å². The number of allylic oxidation sites excluding steroid dienone is 2. The summed E-state index contributed by atoms with van der Waals surface area (Å²) >= 11 is 0. The van der Waals surface area contributed by atoms with Crippen LogP contribution in [0.25, 0.3) is 0 Å². The van der Waals surface area contributed by atoms with Gasteiger partial charge >= 0.3 is 11.9 Å². The number of benzene rings is 1. The van der Waals surface area contributed by atoms with Gasteiger partial charge in [0.1, 0.15) is 11.7 Å². The van der Waals surface area contributed by atoms with Gasteiger partial charge in [-0.25, -0.2) is 9.59 Å². The second-order valence-corrected chi connectivity index (χ2v) is 5.13. The van der Waals surface area contributed by atoms with Crippen LogP contribution in [0.5, 0.6) is 0 Å². The minimum absolute atomic E-state index is 0.118. The van der Waals surface area contributed by atoms with E-state index in [1.54, 1.807) is 12.3 Å². The van der Waals surface area contributed by atoms with E-state index in [-0.39, 0.29) is 12.1 Å². The molecule has 0 aliphatic carbocycles. The molecule has 2 rings (SSSR count). The first-order valence-corrected chi connectivity index (χ1v) is 7.23. The monoisotopic (exact) mass is 314 g/mol. The average molecular weight is 314 g/mol. The van der Waals surface area contributed by atoms with Crippen LogP contribution in [0.2, 0.25) is 0 Å². The summed E-state index contributed by atoms with van der Waals surface area (Å²) in [5.74, 6) is -2.26. The van der Waals surface area contributed by atoms with Crippen LogP contribution in [0, 0.1) is 0 Å². The lowest BCUT2D eigenvalue weighted by atomic mass is 10.00. The van der Waals surface area contributed by atoms with Gasteiger partial charge in [-0.15, -0.1) is 0 Å². The van der Waals surface area contributed by atoms with Crippen molar-refractivity contribution >= 4 is 18.2 Å². The molecule has 0 saturated carbocycles. The second kappa shape index (κ2) is 7.93. The Morgan fingerprint density at radius 1 is 1.26 bits per heavy atom. The summed E-state index contributed by atoms with van der Waals surface area (Å²) in [5.41, 5.74) is 1.70. The third kappa shape index (κ3) is 5.10. The maximum atomic E-state index is 11.1. The fourth-order valence-corrected chi connectivity index (χ4v) is 2.21. The average Bonchev–Trinajstić information content (AvgIpc) is 2.55. The maximum Gasteiger partial charge on any atom is 0.351 e. The summed E-state index contributed by atoms with van der Waals surface area (Å²) in [6.07, 6.45) is 5.72. The Bertz CT molecular complexity index is 662. The molecule has 1 aliphatic heterocycles. The van der Waals surface area contributed by atoms with E-state index in [1.807, 2.05) is 30.3 Å². The molecule has 0 bridgehead atoms. The summed E-state index contributed by atoms with van der Waals surface area (Å²) in [7, 11) is 0. The van der Waals surface area contributed by atoms with E-state index >= 15 is 0 Å². The predicted octanol–water partition coefficient (Wildman–Crippen LogP) is 1.64. The van der Waals surface area contributed by atoms with E-state index < -0.39 is 18.0 Å². The van der Waals surface area contributed by atoms with Crippen LogP contribution in [0.3, 0.4) is 0 Å². The van der Waals surface area contributed by atoms with E-state index in [0.717, 1.165) is 6.42 Å². The molecule has 1 atom stereocenters. The van der Waals surface area contributed by atoms with E-state index in [1.165, 1.54) is 11.6 Å².